The fraction of sp³-hybridized carbons (Fsp3) is 0.0588. The molecule has 0 amide bonds. The summed E-state index contributed by atoms with van der Waals surface area (Å²) in [7, 11) is 0. The summed E-state index contributed by atoms with van der Waals surface area (Å²) in [5, 5.41) is 17.5. The first-order chi connectivity index (χ1) is 10.6. The second-order valence-electron chi connectivity index (χ2n) is 4.83. The van der Waals surface area contributed by atoms with E-state index in [1.807, 2.05) is 0 Å². The number of Topliss-reactive ketones (excluding diaryl/α,β-unsaturated/α-hetero) is 1. The van der Waals surface area contributed by atoms with Crippen molar-refractivity contribution < 1.29 is 9.59 Å². The molecule has 22 heavy (non-hydrogen) atoms. The van der Waals surface area contributed by atoms with Crippen LogP contribution in [0.1, 0.15) is 15.9 Å². The molecule has 1 atom stereocenters. The van der Waals surface area contributed by atoms with E-state index in [4.69, 9.17) is 22.1 Å². The van der Waals surface area contributed by atoms with Crippen molar-refractivity contribution >= 4 is 28.2 Å². The van der Waals surface area contributed by atoms with E-state index in [1.54, 1.807) is 36.4 Å². The first-order valence-corrected chi connectivity index (χ1v) is 6.78. The van der Waals surface area contributed by atoms with Gasteiger partial charge in [-0.05, 0) is 34.4 Å². The fourth-order valence-corrected chi connectivity index (χ4v) is 3.05. The van der Waals surface area contributed by atoms with E-state index in [-0.39, 0.29) is 16.9 Å². The summed E-state index contributed by atoms with van der Waals surface area (Å²) in [5.74, 6) is -1.06. The third-order valence-corrected chi connectivity index (χ3v) is 3.99. The Hall–Kier alpha value is -2.95. The van der Waals surface area contributed by atoms with Gasteiger partial charge in [-0.2, -0.15) is 10.5 Å². The Morgan fingerprint density at radius 2 is 1.73 bits per heavy atom. The average Bonchev–Trinajstić information content (AvgIpc) is 2.83. The summed E-state index contributed by atoms with van der Waals surface area (Å²) in [5.41, 5.74) is 1.96. The largest absolute Gasteiger partial charge is 0.293 e. The van der Waals surface area contributed by atoms with Gasteiger partial charge >= 0.3 is 0 Å². The van der Waals surface area contributed by atoms with Crippen LogP contribution in [0.2, 0.25) is 0 Å². The molecule has 0 bridgehead atoms. The molecule has 1 aromatic rings. The highest BCUT2D eigenvalue weighted by atomic mass is 35.5. The van der Waals surface area contributed by atoms with E-state index in [2.05, 4.69) is 0 Å². The van der Waals surface area contributed by atoms with Crippen LogP contribution in [0.3, 0.4) is 0 Å². The third kappa shape index (κ3) is 1.83. The highest BCUT2D eigenvalue weighted by molar-refractivity contribution is 6.69. The number of carbonyl (C=O) groups is 2. The highest BCUT2D eigenvalue weighted by Crippen LogP contribution is 2.46. The van der Waals surface area contributed by atoms with Crippen LogP contribution < -0.4 is 0 Å². The summed E-state index contributed by atoms with van der Waals surface area (Å²) in [6.07, 6.45) is 2.91. The van der Waals surface area contributed by atoms with Gasteiger partial charge in [0.05, 0.1) is 5.92 Å². The summed E-state index contributed by atoms with van der Waals surface area (Å²) >= 11 is 5.63. The second-order valence-corrected chi connectivity index (χ2v) is 5.17. The van der Waals surface area contributed by atoms with Crippen molar-refractivity contribution in [1.29, 1.82) is 10.5 Å². The molecular weight excluding hydrogens is 300 g/mol. The molecule has 0 fully saturated rings. The summed E-state index contributed by atoms with van der Waals surface area (Å²) in [6, 6.07) is 10.5. The molecule has 2 aliphatic rings. The highest BCUT2D eigenvalue weighted by Gasteiger charge is 2.41. The molecule has 0 aliphatic heterocycles. The minimum absolute atomic E-state index is 0.138. The van der Waals surface area contributed by atoms with E-state index >= 15 is 0 Å². The lowest BCUT2D eigenvalue weighted by Gasteiger charge is -2.19. The lowest BCUT2D eigenvalue weighted by Crippen LogP contribution is -2.16. The molecule has 1 aromatic carbocycles. The molecule has 0 N–H and O–H groups in total. The van der Waals surface area contributed by atoms with Crippen LogP contribution in [0.25, 0.3) is 5.57 Å². The Morgan fingerprint density at radius 1 is 1.09 bits per heavy atom. The normalized spacial score (nSPS) is 18.4. The van der Waals surface area contributed by atoms with Crippen LogP contribution in [-0.4, -0.2) is 11.0 Å². The first kappa shape index (κ1) is 14.0. The standard InChI is InChI=1S/C17H7ClN2O2/c18-17(22)13-6-5-10(9(7-19)8-20)15-14(13)11-3-1-2-4-12(11)16(15)21/h1-6,15H. The first-order valence-electron chi connectivity index (χ1n) is 6.40. The number of rotatable bonds is 1. The number of allylic oxidation sites excluding steroid dienone is 6. The maximum atomic E-state index is 12.7. The molecule has 3 rings (SSSR count). The molecule has 0 saturated heterocycles. The minimum Gasteiger partial charge on any atom is -0.293 e. The van der Waals surface area contributed by atoms with Crippen LogP contribution in [0, 0.1) is 28.6 Å². The molecule has 4 nitrogen and oxygen atoms in total. The number of ketones is 1. The maximum Gasteiger partial charge on any atom is 0.252 e. The number of benzene rings is 1. The zero-order chi connectivity index (χ0) is 15.9. The Balaban J connectivity index is 2.37. The van der Waals surface area contributed by atoms with Crippen LogP contribution in [0.4, 0.5) is 0 Å². The Morgan fingerprint density at radius 3 is 2.32 bits per heavy atom. The number of nitrogens with zero attached hydrogens (tertiary/aromatic N) is 2. The summed E-state index contributed by atoms with van der Waals surface area (Å²) in [6.45, 7) is 0. The van der Waals surface area contributed by atoms with E-state index in [1.165, 1.54) is 12.2 Å². The van der Waals surface area contributed by atoms with Gasteiger partial charge in [0.2, 0.25) is 0 Å². The number of nitriles is 2. The molecule has 0 aromatic heterocycles. The van der Waals surface area contributed by atoms with Gasteiger partial charge in [0.25, 0.3) is 5.24 Å². The monoisotopic (exact) mass is 306 g/mol. The number of hydrogen-bond acceptors (Lipinski definition) is 4. The van der Waals surface area contributed by atoms with Crippen molar-refractivity contribution in [3.8, 4) is 12.1 Å². The van der Waals surface area contributed by atoms with Crippen LogP contribution >= 0.6 is 11.6 Å². The number of carbonyl (C=O) groups excluding carboxylic acids is 2. The van der Waals surface area contributed by atoms with Crippen LogP contribution in [0.15, 0.2) is 53.1 Å². The smallest absolute Gasteiger partial charge is 0.252 e. The predicted molar refractivity (Wildman–Crippen MR) is 79.4 cm³/mol. The summed E-state index contributed by atoms with van der Waals surface area (Å²) < 4.78 is 0. The SMILES string of the molecule is N#CC(C#N)=C1C=CC(C(=O)Cl)=C2c3ccccc3C(=O)C12. The van der Waals surface area contributed by atoms with Gasteiger partial charge in [-0.15, -0.1) is 0 Å². The maximum absolute atomic E-state index is 12.7. The zero-order valence-electron chi connectivity index (χ0n) is 11.1. The van der Waals surface area contributed by atoms with Crippen LogP contribution in [0.5, 0.6) is 0 Å². The van der Waals surface area contributed by atoms with Gasteiger partial charge in [0, 0.05) is 11.1 Å². The molecule has 104 valence electrons. The lowest BCUT2D eigenvalue weighted by atomic mass is 9.81. The molecule has 0 saturated carbocycles. The molecule has 5 heteroatoms. The van der Waals surface area contributed by atoms with Gasteiger partial charge in [0.1, 0.15) is 17.7 Å². The number of halogens is 1. The van der Waals surface area contributed by atoms with E-state index < -0.39 is 11.2 Å². The van der Waals surface area contributed by atoms with E-state index in [0.717, 1.165) is 0 Å². The fourth-order valence-electron chi connectivity index (χ4n) is 2.88. The zero-order valence-corrected chi connectivity index (χ0v) is 11.9. The molecule has 0 heterocycles. The van der Waals surface area contributed by atoms with Crippen LogP contribution in [-0.2, 0) is 4.79 Å². The van der Waals surface area contributed by atoms with E-state index in [9.17, 15) is 9.59 Å². The minimum atomic E-state index is -0.825. The Bertz CT molecular complexity index is 891. The lowest BCUT2D eigenvalue weighted by molar-refractivity contribution is -0.108. The van der Waals surface area contributed by atoms with E-state index in [0.29, 0.717) is 22.3 Å². The number of hydrogen-bond donors (Lipinski definition) is 0. The van der Waals surface area contributed by atoms with Crippen molar-refractivity contribution in [3.05, 3.63) is 64.3 Å². The summed E-state index contributed by atoms with van der Waals surface area (Å²) in [4.78, 5) is 24.3. The van der Waals surface area contributed by atoms with Gasteiger partial charge in [-0.25, -0.2) is 0 Å². The van der Waals surface area contributed by atoms with Crippen molar-refractivity contribution in [2.45, 2.75) is 0 Å². The molecule has 2 aliphatic carbocycles. The third-order valence-electron chi connectivity index (χ3n) is 3.79. The topological polar surface area (TPSA) is 81.7 Å². The molecule has 0 spiro atoms. The number of fused-ring (bicyclic) bond motifs is 3. The molecular formula is C17H7ClN2O2. The average molecular weight is 307 g/mol. The van der Waals surface area contributed by atoms with Crippen molar-refractivity contribution in [2.24, 2.45) is 5.92 Å². The second kappa shape index (κ2) is 5.11. The van der Waals surface area contributed by atoms with Gasteiger partial charge in [-0.1, -0.05) is 30.3 Å². The molecule has 1 unspecified atom stereocenters. The van der Waals surface area contributed by atoms with Crippen molar-refractivity contribution in [2.75, 3.05) is 0 Å². The quantitative estimate of drug-likeness (QED) is 0.590. The predicted octanol–water partition coefficient (Wildman–Crippen LogP) is 2.93. The van der Waals surface area contributed by atoms with Gasteiger partial charge in [-0.3, -0.25) is 9.59 Å². The van der Waals surface area contributed by atoms with Crippen molar-refractivity contribution in [3.63, 3.8) is 0 Å². The molecule has 0 radical (unpaired) electrons. The van der Waals surface area contributed by atoms with Crippen molar-refractivity contribution in [1.82, 2.24) is 0 Å². The van der Waals surface area contributed by atoms with Gasteiger partial charge < -0.3 is 0 Å². The Labute approximate surface area is 131 Å². The Kier molecular flexibility index (Phi) is 3.25. The van der Waals surface area contributed by atoms with Gasteiger partial charge in [0.15, 0.2) is 5.78 Å².